The Bertz CT molecular complexity index is 348. The molecule has 16 heavy (non-hydrogen) atoms. The predicted molar refractivity (Wildman–Crippen MR) is 65.4 cm³/mol. The lowest BCUT2D eigenvalue weighted by Crippen LogP contribution is -2.34. The van der Waals surface area contributed by atoms with E-state index in [1.807, 2.05) is 0 Å². The summed E-state index contributed by atoms with van der Waals surface area (Å²) < 4.78 is 5.71. The molecule has 1 aliphatic rings. The van der Waals surface area contributed by atoms with Crippen LogP contribution in [-0.2, 0) is 0 Å². The summed E-state index contributed by atoms with van der Waals surface area (Å²) in [6, 6.07) is 5.09. The fraction of sp³-hybridized carbons (Fsp3) is 0.500. The number of aliphatic hydroxyl groups is 1. The topological polar surface area (TPSA) is 29.5 Å². The summed E-state index contributed by atoms with van der Waals surface area (Å²) in [6.45, 7) is 0. The van der Waals surface area contributed by atoms with Crippen molar-refractivity contribution in [3.63, 3.8) is 0 Å². The quantitative estimate of drug-likeness (QED) is 0.880. The number of hydrogen-bond donors (Lipinski definition) is 1. The third kappa shape index (κ3) is 3.03. The molecule has 0 aromatic heterocycles. The Hall–Kier alpha value is -0.440. The Balaban J connectivity index is 2.07. The molecular weight excluding hydrogens is 247 g/mol. The second kappa shape index (κ2) is 5.26. The zero-order chi connectivity index (χ0) is 11.5. The van der Waals surface area contributed by atoms with E-state index < -0.39 is 0 Å². The van der Waals surface area contributed by atoms with E-state index in [0.717, 1.165) is 25.7 Å². The van der Waals surface area contributed by atoms with Crippen molar-refractivity contribution >= 4 is 23.2 Å². The summed E-state index contributed by atoms with van der Waals surface area (Å²) >= 11 is 11.8. The van der Waals surface area contributed by atoms with E-state index in [2.05, 4.69) is 0 Å². The van der Waals surface area contributed by atoms with E-state index in [9.17, 15) is 5.11 Å². The maximum Gasteiger partial charge on any atom is 0.124 e. The lowest BCUT2D eigenvalue weighted by atomic mass is 9.95. The zero-order valence-electron chi connectivity index (χ0n) is 8.83. The van der Waals surface area contributed by atoms with E-state index in [1.54, 1.807) is 18.2 Å². The molecule has 0 spiro atoms. The maximum absolute atomic E-state index is 9.78. The summed E-state index contributed by atoms with van der Waals surface area (Å²) in [4.78, 5) is 0. The minimum Gasteiger partial charge on any atom is -0.488 e. The van der Waals surface area contributed by atoms with Gasteiger partial charge >= 0.3 is 0 Å². The van der Waals surface area contributed by atoms with Crippen molar-refractivity contribution in [2.24, 2.45) is 0 Å². The number of benzene rings is 1. The van der Waals surface area contributed by atoms with Crippen molar-refractivity contribution < 1.29 is 9.84 Å². The first kappa shape index (κ1) is 12.0. The van der Waals surface area contributed by atoms with Crippen LogP contribution < -0.4 is 4.74 Å². The molecule has 4 heteroatoms. The van der Waals surface area contributed by atoms with Crippen LogP contribution in [0.3, 0.4) is 0 Å². The summed E-state index contributed by atoms with van der Waals surface area (Å²) in [6.07, 6.45) is 3.33. The van der Waals surface area contributed by atoms with Gasteiger partial charge < -0.3 is 9.84 Å². The summed E-state index contributed by atoms with van der Waals surface area (Å²) in [5.74, 6) is 0.628. The van der Waals surface area contributed by atoms with E-state index in [-0.39, 0.29) is 12.2 Å². The van der Waals surface area contributed by atoms with Crippen molar-refractivity contribution in [1.82, 2.24) is 0 Å². The van der Waals surface area contributed by atoms with E-state index in [0.29, 0.717) is 15.8 Å². The fourth-order valence-electron chi connectivity index (χ4n) is 1.99. The normalized spacial score (nSPS) is 25.4. The standard InChI is InChI=1S/C12H14Cl2O2/c13-8-5-9(14)7-10(6-8)16-12-4-2-1-3-11(12)15/h5-7,11-12,15H,1-4H2/t11-,12-/m1/s1. The van der Waals surface area contributed by atoms with Crippen molar-refractivity contribution in [2.45, 2.75) is 37.9 Å². The first-order valence-electron chi connectivity index (χ1n) is 5.46. The molecule has 88 valence electrons. The lowest BCUT2D eigenvalue weighted by Gasteiger charge is -2.28. The Kier molecular flexibility index (Phi) is 3.95. The average Bonchev–Trinajstić information content (AvgIpc) is 2.20. The van der Waals surface area contributed by atoms with Crippen molar-refractivity contribution in [1.29, 1.82) is 0 Å². The molecule has 0 radical (unpaired) electrons. The molecule has 1 fully saturated rings. The van der Waals surface area contributed by atoms with Gasteiger partial charge in [-0.25, -0.2) is 0 Å². The molecule has 1 saturated carbocycles. The SMILES string of the molecule is O[C@@H]1CCCC[C@H]1Oc1cc(Cl)cc(Cl)c1. The van der Waals surface area contributed by atoms with Crippen LogP contribution in [0, 0.1) is 0 Å². The van der Waals surface area contributed by atoms with E-state index in [4.69, 9.17) is 27.9 Å². The Labute approximate surface area is 105 Å². The monoisotopic (exact) mass is 260 g/mol. The van der Waals surface area contributed by atoms with Crippen LogP contribution in [0.1, 0.15) is 25.7 Å². The van der Waals surface area contributed by atoms with Crippen LogP contribution in [0.2, 0.25) is 10.0 Å². The van der Waals surface area contributed by atoms with Gasteiger partial charge in [0, 0.05) is 10.0 Å². The maximum atomic E-state index is 9.78. The van der Waals surface area contributed by atoms with E-state index >= 15 is 0 Å². The molecule has 0 heterocycles. The van der Waals surface area contributed by atoms with Gasteiger partial charge in [0.15, 0.2) is 0 Å². The number of ether oxygens (including phenoxy) is 1. The first-order chi connectivity index (χ1) is 7.65. The minimum atomic E-state index is -0.383. The molecule has 0 aliphatic heterocycles. The fourth-order valence-corrected chi connectivity index (χ4v) is 2.49. The van der Waals surface area contributed by atoms with Crippen LogP contribution >= 0.6 is 23.2 Å². The van der Waals surface area contributed by atoms with Crippen molar-refractivity contribution in [2.75, 3.05) is 0 Å². The molecule has 0 bridgehead atoms. The van der Waals surface area contributed by atoms with Crippen LogP contribution in [0.25, 0.3) is 0 Å². The van der Waals surface area contributed by atoms with Gasteiger partial charge in [-0.15, -0.1) is 0 Å². The van der Waals surface area contributed by atoms with Gasteiger partial charge in [0.2, 0.25) is 0 Å². The van der Waals surface area contributed by atoms with Crippen LogP contribution in [-0.4, -0.2) is 17.3 Å². The molecule has 2 atom stereocenters. The van der Waals surface area contributed by atoms with Crippen LogP contribution in [0.4, 0.5) is 0 Å². The molecular formula is C12H14Cl2O2. The van der Waals surface area contributed by atoms with Crippen LogP contribution in [0.5, 0.6) is 5.75 Å². The highest BCUT2D eigenvalue weighted by Gasteiger charge is 2.24. The third-order valence-corrected chi connectivity index (χ3v) is 3.23. The van der Waals surface area contributed by atoms with Gasteiger partial charge in [-0.2, -0.15) is 0 Å². The number of rotatable bonds is 2. The molecule has 2 rings (SSSR count). The zero-order valence-corrected chi connectivity index (χ0v) is 10.3. The van der Waals surface area contributed by atoms with Gasteiger partial charge in [0.1, 0.15) is 11.9 Å². The third-order valence-electron chi connectivity index (χ3n) is 2.79. The molecule has 2 nitrogen and oxygen atoms in total. The Morgan fingerprint density at radius 2 is 1.69 bits per heavy atom. The van der Waals surface area contributed by atoms with Gasteiger partial charge in [-0.3, -0.25) is 0 Å². The first-order valence-corrected chi connectivity index (χ1v) is 6.21. The summed E-state index contributed by atoms with van der Waals surface area (Å²) in [5, 5.41) is 10.9. The Morgan fingerprint density at radius 3 is 2.31 bits per heavy atom. The second-order valence-electron chi connectivity index (χ2n) is 4.11. The number of hydrogen-bond acceptors (Lipinski definition) is 2. The predicted octanol–water partition coefficient (Wildman–Crippen LogP) is 3.68. The van der Waals surface area contributed by atoms with Gasteiger partial charge in [0.05, 0.1) is 6.10 Å². The van der Waals surface area contributed by atoms with Gasteiger partial charge in [-0.05, 0) is 37.5 Å². The van der Waals surface area contributed by atoms with Crippen LogP contribution in [0.15, 0.2) is 18.2 Å². The van der Waals surface area contributed by atoms with Gasteiger partial charge in [-0.1, -0.05) is 29.6 Å². The number of halogens is 2. The highest BCUT2D eigenvalue weighted by atomic mass is 35.5. The lowest BCUT2D eigenvalue weighted by molar-refractivity contribution is 0.00688. The number of aliphatic hydroxyl groups excluding tert-OH is 1. The van der Waals surface area contributed by atoms with Gasteiger partial charge in [0.25, 0.3) is 0 Å². The smallest absolute Gasteiger partial charge is 0.124 e. The molecule has 0 unspecified atom stereocenters. The molecule has 0 amide bonds. The molecule has 1 aliphatic carbocycles. The van der Waals surface area contributed by atoms with Crippen molar-refractivity contribution in [3.8, 4) is 5.75 Å². The minimum absolute atomic E-state index is 0.136. The highest BCUT2D eigenvalue weighted by Crippen LogP contribution is 2.28. The highest BCUT2D eigenvalue weighted by molar-refractivity contribution is 6.34. The Morgan fingerprint density at radius 1 is 1.06 bits per heavy atom. The largest absolute Gasteiger partial charge is 0.488 e. The molecule has 0 saturated heterocycles. The summed E-state index contributed by atoms with van der Waals surface area (Å²) in [5.41, 5.74) is 0. The molecule has 1 aromatic rings. The average molecular weight is 261 g/mol. The van der Waals surface area contributed by atoms with Crippen molar-refractivity contribution in [3.05, 3.63) is 28.2 Å². The van der Waals surface area contributed by atoms with E-state index in [1.165, 1.54) is 0 Å². The molecule has 1 aromatic carbocycles. The summed E-state index contributed by atoms with van der Waals surface area (Å²) in [7, 11) is 0. The molecule has 1 N–H and O–H groups in total. The second-order valence-corrected chi connectivity index (χ2v) is 4.99.